The number of hydrogen-bond acceptors (Lipinski definition) is 4. The number of Topliss-reactive ketones (excluding diaryl/α,β-unsaturated/α-hetero) is 1. The molecule has 2 aliphatic carbocycles. The van der Waals surface area contributed by atoms with Gasteiger partial charge in [0.05, 0.1) is 12.7 Å². The second kappa shape index (κ2) is 5.76. The van der Waals surface area contributed by atoms with E-state index in [1.54, 1.807) is 6.92 Å². The molecule has 2 fully saturated rings. The Bertz CT molecular complexity index is 493. The van der Waals surface area contributed by atoms with Crippen LogP contribution in [0.25, 0.3) is 0 Å². The Morgan fingerprint density at radius 1 is 1.52 bits per heavy atom. The van der Waals surface area contributed by atoms with Crippen molar-refractivity contribution < 1.29 is 19.4 Å². The molecule has 1 N–H and O–H groups in total. The molecule has 0 spiro atoms. The maximum atomic E-state index is 12.3. The molecule has 4 heteroatoms. The average molecular weight is 292 g/mol. The van der Waals surface area contributed by atoms with E-state index in [1.165, 1.54) is 0 Å². The monoisotopic (exact) mass is 292 g/mol. The van der Waals surface area contributed by atoms with Crippen molar-refractivity contribution in [2.45, 2.75) is 45.6 Å². The summed E-state index contributed by atoms with van der Waals surface area (Å²) in [5, 5.41) is 10.4. The van der Waals surface area contributed by atoms with Gasteiger partial charge in [-0.2, -0.15) is 0 Å². The summed E-state index contributed by atoms with van der Waals surface area (Å²) in [6.07, 6.45) is 1.46. The molecule has 0 bridgehead atoms. The van der Waals surface area contributed by atoms with E-state index in [9.17, 15) is 14.7 Å². The van der Waals surface area contributed by atoms with Crippen molar-refractivity contribution in [1.29, 1.82) is 0 Å². The highest BCUT2D eigenvalue weighted by Crippen LogP contribution is 2.52. The van der Waals surface area contributed by atoms with Gasteiger partial charge in [-0.15, -0.1) is 0 Å². The van der Waals surface area contributed by atoms with Crippen molar-refractivity contribution >= 4 is 11.8 Å². The number of carbonyl (C=O) groups is 2. The largest absolute Gasteiger partial charge is 0.463 e. The second-order valence-electron chi connectivity index (χ2n) is 6.42. The molecular formula is C17H24O4. The molecular weight excluding hydrogens is 268 g/mol. The molecule has 0 aromatic heterocycles. The Morgan fingerprint density at radius 2 is 2.19 bits per heavy atom. The smallest absolute Gasteiger partial charge is 0.333 e. The van der Waals surface area contributed by atoms with Crippen molar-refractivity contribution in [2.75, 3.05) is 6.61 Å². The Kier molecular flexibility index (Phi) is 4.38. The number of aliphatic hydroxyl groups excluding tert-OH is 1. The predicted molar refractivity (Wildman–Crippen MR) is 79.5 cm³/mol. The van der Waals surface area contributed by atoms with Gasteiger partial charge < -0.3 is 9.84 Å². The number of carbonyl (C=O) groups excluding carboxylic acids is 2. The highest BCUT2D eigenvalue weighted by molar-refractivity contribution is 5.90. The van der Waals surface area contributed by atoms with Crippen LogP contribution in [0.3, 0.4) is 0 Å². The molecule has 0 amide bonds. The van der Waals surface area contributed by atoms with Crippen LogP contribution in [0.5, 0.6) is 0 Å². The predicted octanol–water partition coefficient (Wildman–Crippen LogP) is 2.42. The quantitative estimate of drug-likeness (QED) is 0.493. The van der Waals surface area contributed by atoms with Gasteiger partial charge >= 0.3 is 5.97 Å². The third kappa shape index (κ3) is 2.69. The molecule has 0 saturated heterocycles. The van der Waals surface area contributed by atoms with Gasteiger partial charge in [-0.05, 0) is 32.1 Å². The summed E-state index contributed by atoms with van der Waals surface area (Å²) < 4.78 is 4.99. The Balaban J connectivity index is 2.30. The van der Waals surface area contributed by atoms with Crippen LogP contribution in [0, 0.1) is 17.3 Å². The normalized spacial score (nSPS) is 36.0. The first kappa shape index (κ1) is 16.0. The first-order valence-corrected chi connectivity index (χ1v) is 7.56. The Labute approximate surface area is 125 Å². The van der Waals surface area contributed by atoms with E-state index in [-0.39, 0.29) is 23.9 Å². The number of aliphatic hydroxyl groups is 1. The SMILES string of the molecule is C=C(C(=O)OCC)[C@@H]1C[C@]2(C)C(=O)CC[C@H]2C(=C)C[C@H]1O. The van der Waals surface area contributed by atoms with E-state index in [1.807, 2.05) is 6.92 Å². The average Bonchev–Trinajstić information content (AvgIpc) is 2.66. The number of esters is 1. The minimum atomic E-state index is -0.732. The fourth-order valence-electron chi connectivity index (χ4n) is 3.86. The van der Waals surface area contributed by atoms with Crippen molar-refractivity contribution in [1.82, 2.24) is 0 Å². The van der Waals surface area contributed by atoms with Gasteiger partial charge in [-0.3, -0.25) is 4.79 Å². The standard InChI is InChI=1S/C17H24O4/c1-5-21-16(20)11(3)12-9-17(4)13(6-7-15(17)19)10(2)8-14(12)18/h12-14,18H,2-3,5-9H2,1,4H3/t12-,13-,14+,17-/m0/s1. The third-order valence-corrected chi connectivity index (χ3v) is 5.12. The van der Waals surface area contributed by atoms with Gasteiger partial charge in [0.2, 0.25) is 0 Å². The van der Waals surface area contributed by atoms with Crippen LogP contribution in [0.4, 0.5) is 0 Å². The summed E-state index contributed by atoms with van der Waals surface area (Å²) in [5.41, 5.74) is 0.628. The zero-order valence-electron chi connectivity index (χ0n) is 12.9. The van der Waals surface area contributed by atoms with E-state index in [0.29, 0.717) is 19.3 Å². The van der Waals surface area contributed by atoms with E-state index in [4.69, 9.17) is 4.74 Å². The fraction of sp³-hybridized carbons (Fsp3) is 0.647. The zero-order chi connectivity index (χ0) is 15.8. The number of hydrogen-bond donors (Lipinski definition) is 1. The summed E-state index contributed by atoms with van der Waals surface area (Å²) in [6, 6.07) is 0. The lowest BCUT2D eigenvalue weighted by atomic mass is 9.71. The zero-order valence-corrected chi connectivity index (χ0v) is 12.9. The minimum absolute atomic E-state index is 0.0969. The first-order chi connectivity index (χ1) is 9.81. The Morgan fingerprint density at radius 3 is 2.81 bits per heavy atom. The lowest BCUT2D eigenvalue weighted by Crippen LogP contribution is -2.34. The van der Waals surface area contributed by atoms with E-state index >= 15 is 0 Å². The number of ketones is 1. The van der Waals surface area contributed by atoms with Crippen LogP contribution >= 0.6 is 0 Å². The van der Waals surface area contributed by atoms with Crippen LogP contribution in [0.2, 0.25) is 0 Å². The molecule has 4 atom stereocenters. The van der Waals surface area contributed by atoms with Crippen LogP contribution in [-0.2, 0) is 14.3 Å². The maximum Gasteiger partial charge on any atom is 0.333 e. The number of fused-ring (bicyclic) bond motifs is 1. The molecule has 4 nitrogen and oxygen atoms in total. The maximum absolute atomic E-state index is 12.3. The molecule has 0 heterocycles. The van der Waals surface area contributed by atoms with Gasteiger partial charge in [0.15, 0.2) is 0 Å². The summed E-state index contributed by atoms with van der Waals surface area (Å²) in [5.74, 6) is -0.637. The molecule has 0 unspecified atom stereocenters. The van der Waals surface area contributed by atoms with Crippen molar-refractivity contribution in [3.8, 4) is 0 Å². The van der Waals surface area contributed by atoms with Crippen LogP contribution in [0.15, 0.2) is 24.3 Å². The van der Waals surface area contributed by atoms with Crippen molar-refractivity contribution in [3.63, 3.8) is 0 Å². The summed E-state index contributed by atoms with van der Waals surface area (Å²) in [7, 11) is 0. The summed E-state index contributed by atoms with van der Waals surface area (Å²) >= 11 is 0. The van der Waals surface area contributed by atoms with Gasteiger partial charge in [-0.25, -0.2) is 4.79 Å². The second-order valence-corrected chi connectivity index (χ2v) is 6.42. The van der Waals surface area contributed by atoms with Crippen LogP contribution < -0.4 is 0 Å². The van der Waals surface area contributed by atoms with Gasteiger partial charge in [0.1, 0.15) is 5.78 Å². The van der Waals surface area contributed by atoms with Gasteiger partial charge in [0.25, 0.3) is 0 Å². The molecule has 2 rings (SSSR count). The molecule has 21 heavy (non-hydrogen) atoms. The topological polar surface area (TPSA) is 63.6 Å². The molecule has 116 valence electrons. The van der Waals surface area contributed by atoms with E-state index in [0.717, 1.165) is 12.0 Å². The lowest BCUT2D eigenvalue weighted by Gasteiger charge is -2.31. The molecule has 0 aromatic carbocycles. The van der Waals surface area contributed by atoms with Gasteiger partial charge in [0, 0.05) is 23.3 Å². The van der Waals surface area contributed by atoms with Crippen LogP contribution in [0.1, 0.15) is 39.5 Å². The Hall–Kier alpha value is -1.42. The van der Waals surface area contributed by atoms with Gasteiger partial charge in [-0.1, -0.05) is 25.7 Å². The van der Waals surface area contributed by atoms with Crippen molar-refractivity contribution in [2.24, 2.45) is 17.3 Å². The highest BCUT2D eigenvalue weighted by atomic mass is 16.5. The number of ether oxygens (including phenoxy) is 1. The van der Waals surface area contributed by atoms with E-state index in [2.05, 4.69) is 13.2 Å². The van der Waals surface area contributed by atoms with Crippen molar-refractivity contribution in [3.05, 3.63) is 24.3 Å². The highest BCUT2D eigenvalue weighted by Gasteiger charge is 2.51. The van der Waals surface area contributed by atoms with Crippen LogP contribution in [-0.4, -0.2) is 29.6 Å². The molecule has 0 radical (unpaired) electrons. The molecule has 0 aliphatic heterocycles. The minimum Gasteiger partial charge on any atom is -0.463 e. The first-order valence-electron chi connectivity index (χ1n) is 7.56. The fourth-order valence-corrected chi connectivity index (χ4v) is 3.86. The number of rotatable bonds is 3. The third-order valence-electron chi connectivity index (χ3n) is 5.12. The summed E-state index contributed by atoms with van der Waals surface area (Å²) in [6.45, 7) is 11.8. The molecule has 2 aliphatic rings. The molecule has 2 saturated carbocycles. The summed E-state index contributed by atoms with van der Waals surface area (Å²) in [4.78, 5) is 24.2. The molecule has 0 aromatic rings. The van der Waals surface area contributed by atoms with E-state index < -0.39 is 23.4 Å². The lowest BCUT2D eigenvalue weighted by molar-refractivity contribution is -0.140.